The lowest BCUT2D eigenvalue weighted by molar-refractivity contribution is -0.145. The standard InChI is InChI=1S/C13H15NO4/c1-14(2)9-5-3-8(4-6-9)13(12(17)18)7-10(13)11(15)16/h3-6,10H,7H2,1-2H3,(H,15,16)(H,17,18). The highest BCUT2D eigenvalue weighted by Gasteiger charge is 2.65. The predicted molar refractivity (Wildman–Crippen MR) is 65.8 cm³/mol. The third-order valence-electron chi connectivity index (χ3n) is 3.54. The quantitative estimate of drug-likeness (QED) is 0.837. The van der Waals surface area contributed by atoms with Crippen LogP contribution in [0.2, 0.25) is 0 Å². The first-order chi connectivity index (χ1) is 8.39. The number of benzene rings is 1. The van der Waals surface area contributed by atoms with Crippen molar-refractivity contribution in [2.75, 3.05) is 19.0 Å². The molecule has 2 rings (SSSR count). The van der Waals surface area contributed by atoms with Crippen LogP contribution >= 0.6 is 0 Å². The van der Waals surface area contributed by atoms with E-state index in [4.69, 9.17) is 5.11 Å². The molecule has 1 aliphatic carbocycles. The van der Waals surface area contributed by atoms with E-state index in [2.05, 4.69) is 0 Å². The maximum Gasteiger partial charge on any atom is 0.315 e. The summed E-state index contributed by atoms with van der Waals surface area (Å²) in [5, 5.41) is 18.3. The molecule has 18 heavy (non-hydrogen) atoms. The van der Waals surface area contributed by atoms with Crippen LogP contribution in [0.15, 0.2) is 24.3 Å². The van der Waals surface area contributed by atoms with Crippen molar-refractivity contribution in [2.45, 2.75) is 11.8 Å². The lowest BCUT2D eigenvalue weighted by atomic mass is 9.93. The van der Waals surface area contributed by atoms with Crippen LogP contribution in [0.5, 0.6) is 0 Å². The molecule has 0 aliphatic heterocycles. The number of hydrogen-bond donors (Lipinski definition) is 2. The molecule has 1 aliphatic rings. The molecule has 0 radical (unpaired) electrons. The molecular formula is C13H15NO4. The van der Waals surface area contributed by atoms with Gasteiger partial charge in [0, 0.05) is 19.8 Å². The highest BCUT2D eigenvalue weighted by Crippen LogP contribution is 2.54. The molecule has 0 aromatic heterocycles. The van der Waals surface area contributed by atoms with Gasteiger partial charge in [-0.1, -0.05) is 12.1 Å². The fourth-order valence-electron chi connectivity index (χ4n) is 2.30. The van der Waals surface area contributed by atoms with E-state index in [1.54, 1.807) is 24.3 Å². The lowest BCUT2D eigenvalue weighted by Crippen LogP contribution is -2.25. The van der Waals surface area contributed by atoms with Crippen LogP contribution in [0.25, 0.3) is 0 Å². The number of rotatable bonds is 4. The topological polar surface area (TPSA) is 77.8 Å². The van der Waals surface area contributed by atoms with Crippen molar-refractivity contribution in [3.63, 3.8) is 0 Å². The molecule has 1 aromatic rings. The molecule has 96 valence electrons. The van der Waals surface area contributed by atoms with Gasteiger partial charge < -0.3 is 15.1 Å². The first-order valence-electron chi connectivity index (χ1n) is 5.63. The Morgan fingerprint density at radius 3 is 2.11 bits per heavy atom. The van der Waals surface area contributed by atoms with Crippen molar-refractivity contribution in [3.8, 4) is 0 Å². The van der Waals surface area contributed by atoms with E-state index in [0.29, 0.717) is 5.56 Å². The average molecular weight is 249 g/mol. The first kappa shape index (κ1) is 12.4. The van der Waals surface area contributed by atoms with Crippen LogP contribution in [-0.4, -0.2) is 36.2 Å². The summed E-state index contributed by atoms with van der Waals surface area (Å²) in [6.07, 6.45) is 0.166. The van der Waals surface area contributed by atoms with E-state index < -0.39 is 23.3 Å². The van der Waals surface area contributed by atoms with Crippen molar-refractivity contribution in [1.29, 1.82) is 0 Å². The Kier molecular flexibility index (Phi) is 2.77. The number of aliphatic carboxylic acids is 2. The van der Waals surface area contributed by atoms with E-state index in [-0.39, 0.29) is 6.42 Å². The van der Waals surface area contributed by atoms with E-state index in [0.717, 1.165) is 5.69 Å². The van der Waals surface area contributed by atoms with Gasteiger partial charge in [0.1, 0.15) is 5.41 Å². The molecule has 0 amide bonds. The zero-order chi connectivity index (χ0) is 13.5. The third-order valence-corrected chi connectivity index (χ3v) is 3.54. The van der Waals surface area contributed by atoms with Crippen molar-refractivity contribution in [2.24, 2.45) is 5.92 Å². The number of carbonyl (C=O) groups is 2. The van der Waals surface area contributed by atoms with E-state index >= 15 is 0 Å². The molecule has 2 N–H and O–H groups in total. The summed E-state index contributed by atoms with van der Waals surface area (Å²) in [4.78, 5) is 24.2. The average Bonchev–Trinajstić information content (AvgIpc) is 3.05. The SMILES string of the molecule is CN(C)c1ccc(C2(C(=O)O)CC2C(=O)O)cc1. The fraction of sp³-hybridized carbons (Fsp3) is 0.385. The van der Waals surface area contributed by atoms with Gasteiger partial charge in [-0.05, 0) is 24.1 Å². The minimum absolute atomic E-state index is 0.166. The van der Waals surface area contributed by atoms with Crippen LogP contribution in [-0.2, 0) is 15.0 Å². The molecule has 0 spiro atoms. The second-order valence-electron chi connectivity index (χ2n) is 4.81. The Balaban J connectivity index is 2.35. The minimum Gasteiger partial charge on any atom is -0.481 e. The Morgan fingerprint density at radius 1 is 1.22 bits per heavy atom. The van der Waals surface area contributed by atoms with Crippen LogP contribution < -0.4 is 4.90 Å². The summed E-state index contributed by atoms with van der Waals surface area (Å²) in [6.45, 7) is 0. The maximum atomic E-state index is 11.3. The normalized spacial score (nSPS) is 25.6. The van der Waals surface area contributed by atoms with Gasteiger partial charge in [-0.3, -0.25) is 9.59 Å². The summed E-state index contributed by atoms with van der Waals surface area (Å²) in [6, 6.07) is 7.01. The van der Waals surface area contributed by atoms with E-state index in [1.807, 2.05) is 19.0 Å². The summed E-state index contributed by atoms with van der Waals surface area (Å²) >= 11 is 0. The van der Waals surface area contributed by atoms with Gasteiger partial charge >= 0.3 is 11.9 Å². The van der Waals surface area contributed by atoms with Gasteiger partial charge in [0.2, 0.25) is 0 Å². The van der Waals surface area contributed by atoms with Crippen LogP contribution in [0, 0.1) is 5.92 Å². The summed E-state index contributed by atoms with van der Waals surface area (Å²) in [5.74, 6) is -2.93. The molecule has 0 saturated heterocycles. The molecule has 2 unspecified atom stereocenters. The molecule has 0 heterocycles. The van der Waals surface area contributed by atoms with Crippen LogP contribution in [0.1, 0.15) is 12.0 Å². The van der Waals surface area contributed by atoms with E-state index in [9.17, 15) is 14.7 Å². The third kappa shape index (κ3) is 1.72. The molecular weight excluding hydrogens is 234 g/mol. The van der Waals surface area contributed by atoms with Crippen LogP contribution in [0.3, 0.4) is 0 Å². The maximum absolute atomic E-state index is 11.3. The second-order valence-corrected chi connectivity index (χ2v) is 4.81. The van der Waals surface area contributed by atoms with Gasteiger partial charge in [0.15, 0.2) is 0 Å². The van der Waals surface area contributed by atoms with Gasteiger partial charge in [-0.15, -0.1) is 0 Å². The number of carboxylic acid groups (broad SMARTS) is 2. The van der Waals surface area contributed by atoms with Gasteiger partial charge in [0.05, 0.1) is 5.92 Å². The molecule has 2 atom stereocenters. The van der Waals surface area contributed by atoms with Gasteiger partial charge in [-0.25, -0.2) is 0 Å². The van der Waals surface area contributed by atoms with Crippen LogP contribution in [0.4, 0.5) is 5.69 Å². The molecule has 1 aromatic carbocycles. The minimum atomic E-state index is -1.24. The first-order valence-corrected chi connectivity index (χ1v) is 5.63. The highest BCUT2D eigenvalue weighted by molar-refractivity contribution is 5.94. The van der Waals surface area contributed by atoms with Crippen molar-refractivity contribution >= 4 is 17.6 Å². The zero-order valence-electron chi connectivity index (χ0n) is 10.3. The second kappa shape index (κ2) is 4.01. The van der Waals surface area contributed by atoms with Crippen molar-refractivity contribution < 1.29 is 19.8 Å². The fourth-order valence-corrected chi connectivity index (χ4v) is 2.30. The smallest absolute Gasteiger partial charge is 0.315 e. The molecule has 0 bridgehead atoms. The van der Waals surface area contributed by atoms with Gasteiger partial charge in [0.25, 0.3) is 0 Å². The predicted octanol–water partition coefficient (Wildman–Crippen LogP) is 1.18. The number of carboxylic acids is 2. The molecule has 1 saturated carbocycles. The largest absolute Gasteiger partial charge is 0.481 e. The van der Waals surface area contributed by atoms with E-state index in [1.165, 1.54) is 0 Å². The number of nitrogens with zero attached hydrogens (tertiary/aromatic N) is 1. The molecule has 1 fully saturated rings. The van der Waals surface area contributed by atoms with Crippen molar-refractivity contribution in [3.05, 3.63) is 29.8 Å². The highest BCUT2D eigenvalue weighted by atomic mass is 16.4. The summed E-state index contributed by atoms with van der Waals surface area (Å²) in [5.41, 5.74) is 0.274. The Labute approximate surface area is 105 Å². The van der Waals surface area contributed by atoms with Gasteiger partial charge in [-0.2, -0.15) is 0 Å². The Hall–Kier alpha value is -2.04. The molecule has 5 heteroatoms. The number of anilines is 1. The summed E-state index contributed by atoms with van der Waals surface area (Å²) in [7, 11) is 3.78. The monoisotopic (exact) mass is 249 g/mol. The Bertz CT molecular complexity index is 494. The zero-order valence-corrected chi connectivity index (χ0v) is 10.3. The summed E-state index contributed by atoms with van der Waals surface area (Å²) < 4.78 is 0. The number of hydrogen-bond acceptors (Lipinski definition) is 3. The van der Waals surface area contributed by atoms with Crippen molar-refractivity contribution in [1.82, 2.24) is 0 Å². The lowest BCUT2D eigenvalue weighted by Gasteiger charge is -2.15. The Morgan fingerprint density at radius 2 is 1.78 bits per heavy atom. The molecule has 5 nitrogen and oxygen atoms in total.